The first-order valence-corrected chi connectivity index (χ1v) is 11.1. The van der Waals surface area contributed by atoms with Crippen molar-refractivity contribution in [2.45, 2.75) is 20.3 Å². The third-order valence-corrected chi connectivity index (χ3v) is 5.49. The average molecular weight is 464 g/mol. The lowest BCUT2D eigenvalue weighted by Gasteiger charge is -2.17. The molecule has 0 atom stereocenters. The Bertz CT molecular complexity index is 1070. The maximum Gasteiger partial charge on any atom is 0.119 e. The lowest BCUT2D eigenvalue weighted by Crippen LogP contribution is -2.19. The van der Waals surface area contributed by atoms with Gasteiger partial charge in [-0.2, -0.15) is 0 Å². The van der Waals surface area contributed by atoms with Gasteiger partial charge in [-0.1, -0.05) is 67.6 Å². The van der Waals surface area contributed by atoms with E-state index in [-0.39, 0.29) is 18.2 Å². The average Bonchev–Trinajstić information content (AvgIpc) is 2.79. The van der Waals surface area contributed by atoms with Crippen LogP contribution in [0.4, 0.5) is 0 Å². The van der Waals surface area contributed by atoms with Crippen LogP contribution in [0.15, 0.2) is 79.4 Å². The highest BCUT2D eigenvalue weighted by atomic mass is 35.5. The molecular formula is C29H34ClNO2. The topological polar surface area (TPSA) is 32.7 Å². The maximum atomic E-state index is 9.82. The number of nitrogens with zero attached hydrogens (tertiary/aromatic N) is 1. The standard InChI is InChI=1S/C29H33NO2.ClH/c1-6-28(23-9-7-22(8-10-23)21(2)3)29(24-11-15-26(31)16-12-24)25-13-17-27(18-14-25)32-20-19-30(4)5;/h7-18,31H,2,6,19-20H2,1,3-5H3;1H/b29-28+;. The molecule has 0 bridgehead atoms. The van der Waals surface area contributed by atoms with Gasteiger partial charge in [-0.3, -0.25) is 0 Å². The van der Waals surface area contributed by atoms with E-state index in [1.807, 2.05) is 45.3 Å². The number of allylic oxidation sites excluding steroid dienone is 2. The molecule has 0 aliphatic rings. The van der Waals surface area contributed by atoms with Gasteiger partial charge in [-0.15, -0.1) is 12.4 Å². The predicted octanol–water partition coefficient (Wildman–Crippen LogP) is 7.16. The lowest BCUT2D eigenvalue weighted by molar-refractivity contribution is 0.261. The van der Waals surface area contributed by atoms with Crippen molar-refractivity contribution in [2.75, 3.05) is 27.2 Å². The number of likely N-dealkylation sites (N-methyl/N-ethyl adjacent to an activating group) is 1. The number of phenolic OH excluding ortho intramolecular Hbond substituents is 1. The number of aromatic hydroxyl groups is 1. The Hall–Kier alpha value is -3.01. The van der Waals surface area contributed by atoms with Crippen LogP contribution in [0.5, 0.6) is 11.5 Å². The molecule has 0 fully saturated rings. The van der Waals surface area contributed by atoms with Crippen molar-refractivity contribution in [1.29, 1.82) is 0 Å². The minimum Gasteiger partial charge on any atom is -0.508 e. The smallest absolute Gasteiger partial charge is 0.119 e. The van der Waals surface area contributed by atoms with E-state index in [1.54, 1.807) is 12.1 Å². The van der Waals surface area contributed by atoms with Gasteiger partial charge in [0.2, 0.25) is 0 Å². The summed E-state index contributed by atoms with van der Waals surface area (Å²) in [7, 11) is 4.08. The molecule has 0 aromatic heterocycles. The summed E-state index contributed by atoms with van der Waals surface area (Å²) in [6.07, 6.45) is 0.879. The fourth-order valence-electron chi connectivity index (χ4n) is 3.69. The molecule has 0 aliphatic heterocycles. The van der Waals surface area contributed by atoms with E-state index in [9.17, 15) is 5.11 Å². The lowest BCUT2D eigenvalue weighted by atomic mass is 9.87. The minimum absolute atomic E-state index is 0. The number of halogens is 1. The highest BCUT2D eigenvalue weighted by Gasteiger charge is 2.14. The number of phenols is 1. The summed E-state index contributed by atoms with van der Waals surface area (Å²) in [5.74, 6) is 1.13. The van der Waals surface area contributed by atoms with Crippen LogP contribution in [-0.2, 0) is 0 Å². The summed E-state index contributed by atoms with van der Waals surface area (Å²) < 4.78 is 5.88. The van der Waals surface area contributed by atoms with Crippen LogP contribution in [0.3, 0.4) is 0 Å². The summed E-state index contributed by atoms with van der Waals surface area (Å²) in [6, 6.07) is 24.3. The first-order chi connectivity index (χ1) is 15.4. The van der Waals surface area contributed by atoms with Crippen molar-refractivity contribution >= 4 is 29.1 Å². The van der Waals surface area contributed by atoms with E-state index in [1.165, 1.54) is 11.1 Å². The number of ether oxygens (including phenoxy) is 1. The van der Waals surface area contributed by atoms with Gasteiger partial charge in [0, 0.05) is 6.54 Å². The van der Waals surface area contributed by atoms with E-state index >= 15 is 0 Å². The van der Waals surface area contributed by atoms with Crippen molar-refractivity contribution in [1.82, 2.24) is 4.90 Å². The first kappa shape index (κ1) is 26.2. The molecule has 3 nitrogen and oxygen atoms in total. The molecule has 1 N–H and O–H groups in total. The fourth-order valence-corrected chi connectivity index (χ4v) is 3.69. The zero-order chi connectivity index (χ0) is 23.1. The maximum absolute atomic E-state index is 9.82. The molecular weight excluding hydrogens is 430 g/mol. The fraction of sp³-hybridized carbons (Fsp3) is 0.241. The second-order valence-corrected chi connectivity index (χ2v) is 8.29. The van der Waals surface area contributed by atoms with Crippen molar-refractivity contribution in [3.05, 3.63) is 102 Å². The Balaban J connectivity index is 0.00000385. The molecule has 3 aromatic carbocycles. The second-order valence-electron chi connectivity index (χ2n) is 8.29. The van der Waals surface area contributed by atoms with Crippen molar-refractivity contribution in [2.24, 2.45) is 0 Å². The Morgan fingerprint density at radius 2 is 1.30 bits per heavy atom. The SMILES string of the molecule is C=C(C)c1ccc(/C(CC)=C(\c2ccc(O)cc2)c2ccc(OCCN(C)C)cc2)cc1.Cl. The zero-order valence-electron chi connectivity index (χ0n) is 20.0. The Morgan fingerprint density at radius 3 is 1.79 bits per heavy atom. The highest BCUT2D eigenvalue weighted by molar-refractivity contribution is 5.98. The van der Waals surface area contributed by atoms with Crippen molar-refractivity contribution in [3.8, 4) is 11.5 Å². The van der Waals surface area contributed by atoms with Gasteiger partial charge in [0.1, 0.15) is 18.1 Å². The molecule has 0 saturated heterocycles. The van der Waals surface area contributed by atoms with E-state index in [2.05, 4.69) is 54.8 Å². The summed E-state index contributed by atoms with van der Waals surface area (Å²) in [6.45, 7) is 9.78. The van der Waals surface area contributed by atoms with E-state index < -0.39 is 0 Å². The van der Waals surface area contributed by atoms with Gasteiger partial charge in [0.15, 0.2) is 0 Å². The van der Waals surface area contributed by atoms with E-state index in [0.717, 1.165) is 46.6 Å². The van der Waals surface area contributed by atoms with Gasteiger partial charge < -0.3 is 14.7 Å². The van der Waals surface area contributed by atoms with Crippen LogP contribution in [0.25, 0.3) is 16.7 Å². The number of benzene rings is 3. The molecule has 0 radical (unpaired) electrons. The van der Waals surface area contributed by atoms with Crippen LogP contribution in [0, 0.1) is 0 Å². The summed E-state index contributed by atoms with van der Waals surface area (Å²) in [4.78, 5) is 2.10. The summed E-state index contributed by atoms with van der Waals surface area (Å²) in [5.41, 5.74) is 8.01. The predicted molar refractivity (Wildman–Crippen MR) is 143 cm³/mol. The largest absolute Gasteiger partial charge is 0.508 e. The molecule has 0 unspecified atom stereocenters. The quantitative estimate of drug-likeness (QED) is 0.342. The number of hydrogen-bond donors (Lipinski definition) is 1. The molecule has 0 saturated carbocycles. The third-order valence-electron chi connectivity index (χ3n) is 5.49. The summed E-state index contributed by atoms with van der Waals surface area (Å²) >= 11 is 0. The molecule has 0 spiro atoms. The van der Waals surface area contributed by atoms with Crippen LogP contribution >= 0.6 is 12.4 Å². The molecule has 4 heteroatoms. The van der Waals surface area contributed by atoms with E-state index in [0.29, 0.717) is 6.61 Å². The molecule has 0 aliphatic carbocycles. The van der Waals surface area contributed by atoms with Crippen LogP contribution < -0.4 is 4.74 Å². The number of hydrogen-bond acceptors (Lipinski definition) is 3. The summed E-state index contributed by atoms with van der Waals surface area (Å²) in [5, 5.41) is 9.82. The Morgan fingerprint density at radius 1 is 0.818 bits per heavy atom. The molecule has 0 heterocycles. The second kappa shape index (κ2) is 12.3. The van der Waals surface area contributed by atoms with E-state index in [4.69, 9.17) is 4.74 Å². The van der Waals surface area contributed by atoms with Gasteiger partial charge in [0.25, 0.3) is 0 Å². The Kier molecular flexibility index (Phi) is 9.77. The molecule has 33 heavy (non-hydrogen) atoms. The van der Waals surface area contributed by atoms with Gasteiger partial charge >= 0.3 is 0 Å². The van der Waals surface area contributed by atoms with Crippen LogP contribution in [0.2, 0.25) is 0 Å². The van der Waals surface area contributed by atoms with Gasteiger partial charge in [-0.25, -0.2) is 0 Å². The van der Waals surface area contributed by atoms with Crippen molar-refractivity contribution in [3.63, 3.8) is 0 Å². The number of rotatable bonds is 9. The molecule has 0 amide bonds. The Labute approximate surface area is 204 Å². The van der Waals surface area contributed by atoms with Gasteiger partial charge in [-0.05, 0) is 85.1 Å². The normalized spacial score (nSPS) is 11.5. The van der Waals surface area contributed by atoms with Crippen LogP contribution in [-0.4, -0.2) is 37.3 Å². The monoisotopic (exact) mass is 463 g/mol. The minimum atomic E-state index is 0. The molecule has 3 rings (SSSR count). The highest BCUT2D eigenvalue weighted by Crippen LogP contribution is 2.36. The third kappa shape index (κ3) is 6.98. The molecule has 174 valence electrons. The zero-order valence-corrected chi connectivity index (χ0v) is 20.8. The van der Waals surface area contributed by atoms with Gasteiger partial charge in [0.05, 0.1) is 0 Å². The molecule has 3 aromatic rings. The first-order valence-electron chi connectivity index (χ1n) is 11.1. The van der Waals surface area contributed by atoms with Crippen LogP contribution in [0.1, 0.15) is 42.5 Å². The van der Waals surface area contributed by atoms with Crippen molar-refractivity contribution < 1.29 is 9.84 Å².